The maximum absolute atomic E-state index is 10.0. The Morgan fingerprint density at radius 1 is 1.27 bits per heavy atom. The van der Waals surface area contributed by atoms with Crippen molar-refractivity contribution in [3.05, 3.63) is 29.5 Å². The van der Waals surface area contributed by atoms with Crippen LogP contribution in [0.15, 0.2) is 18.2 Å². The zero-order valence-electron chi connectivity index (χ0n) is 9.13. The van der Waals surface area contributed by atoms with Crippen molar-refractivity contribution in [1.82, 2.24) is 4.98 Å². The molecular formula is C12H15NO2. The first kappa shape index (κ1) is 10.1. The smallest absolute Gasteiger partial charge is 0.131 e. The minimum Gasteiger partial charge on any atom is -0.507 e. The Kier molecular flexibility index (Phi) is 2.01. The highest BCUT2D eigenvalue weighted by Crippen LogP contribution is 2.35. The summed E-state index contributed by atoms with van der Waals surface area (Å²) in [4.78, 5) is 3.14. The molecule has 0 aliphatic carbocycles. The van der Waals surface area contributed by atoms with Gasteiger partial charge in [0, 0.05) is 22.2 Å². The van der Waals surface area contributed by atoms with Crippen molar-refractivity contribution >= 4 is 10.9 Å². The number of fused-ring (bicyclic) bond motifs is 1. The van der Waals surface area contributed by atoms with Gasteiger partial charge >= 0.3 is 0 Å². The minimum atomic E-state index is -1.02. The Hall–Kier alpha value is -1.48. The van der Waals surface area contributed by atoms with E-state index in [-0.39, 0.29) is 5.75 Å². The van der Waals surface area contributed by atoms with Crippen molar-refractivity contribution in [3.63, 3.8) is 0 Å². The number of rotatable bonds is 1. The Balaban J connectivity index is 2.75. The van der Waals surface area contributed by atoms with Crippen molar-refractivity contribution in [3.8, 4) is 5.75 Å². The molecule has 1 heterocycles. The number of hydrogen-bond acceptors (Lipinski definition) is 2. The lowest BCUT2D eigenvalue weighted by Crippen LogP contribution is -2.15. The number of phenols is 1. The molecule has 3 N–H and O–H groups in total. The van der Waals surface area contributed by atoms with Crippen molar-refractivity contribution < 1.29 is 10.2 Å². The highest BCUT2D eigenvalue weighted by atomic mass is 16.3. The number of benzene rings is 1. The second kappa shape index (κ2) is 3.00. The zero-order valence-corrected chi connectivity index (χ0v) is 9.13. The summed E-state index contributed by atoms with van der Waals surface area (Å²) in [6, 6.07) is 5.49. The molecule has 0 fully saturated rings. The Morgan fingerprint density at radius 3 is 2.53 bits per heavy atom. The summed E-state index contributed by atoms with van der Waals surface area (Å²) in [7, 11) is 0. The van der Waals surface area contributed by atoms with Gasteiger partial charge in [-0.05, 0) is 32.9 Å². The van der Waals surface area contributed by atoms with E-state index in [0.29, 0.717) is 5.56 Å². The average Bonchev–Trinajstić information content (AvgIpc) is 2.44. The van der Waals surface area contributed by atoms with Gasteiger partial charge in [0.25, 0.3) is 0 Å². The molecule has 1 aromatic carbocycles. The Bertz CT molecular complexity index is 506. The van der Waals surface area contributed by atoms with Crippen LogP contribution in [0.3, 0.4) is 0 Å². The van der Waals surface area contributed by atoms with E-state index in [9.17, 15) is 10.2 Å². The molecule has 0 unspecified atom stereocenters. The second-order valence-electron chi connectivity index (χ2n) is 4.43. The minimum absolute atomic E-state index is 0.157. The number of aliphatic hydroxyl groups is 1. The number of aromatic nitrogens is 1. The monoisotopic (exact) mass is 205 g/mol. The molecule has 15 heavy (non-hydrogen) atoms. The van der Waals surface area contributed by atoms with Crippen molar-refractivity contribution in [1.29, 1.82) is 0 Å². The molecule has 0 aliphatic rings. The van der Waals surface area contributed by atoms with Crippen LogP contribution in [-0.4, -0.2) is 15.2 Å². The number of aromatic hydroxyl groups is 1. The van der Waals surface area contributed by atoms with Gasteiger partial charge in [-0.25, -0.2) is 0 Å². The number of phenolic OH excluding ortho intramolecular Hbond substituents is 1. The van der Waals surface area contributed by atoms with E-state index in [1.807, 2.05) is 19.1 Å². The molecule has 0 amide bonds. The van der Waals surface area contributed by atoms with Crippen LogP contribution in [-0.2, 0) is 5.60 Å². The lowest BCUT2D eigenvalue weighted by molar-refractivity contribution is 0.0761. The number of aryl methyl sites for hydroxylation is 1. The third-order valence-corrected chi connectivity index (χ3v) is 2.57. The summed E-state index contributed by atoms with van der Waals surface area (Å²) < 4.78 is 0. The standard InChI is InChI=1S/C12H15NO2/c1-7-6-8-10(13-7)5-4-9(11(8)14)12(2,3)15/h4-6,13-15H,1-3H3. The molecule has 0 radical (unpaired) electrons. The fourth-order valence-electron chi connectivity index (χ4n) is 1.82. The van der Waals surface area contributed by atoms with E-state index in [2.05, 4.69) is 4.98 Å². The van der Waals surface area contributed by atoms with Gasteiger partial charge in [-0.2, -0.15) is 0 Å². The number of hydrogen-bond donors (Lipinski definition) is 3. The highest BCUT2D eigenvalue weighted by molar-refractivity contribution is 5.88. The molecule has 0 bridgehead atoms. The van der Waals surface area contributed by atoms with E-state index in [1.165, 1.54) is 0 Å². The van der Waals surface area contributed by atoms with Gasteiger partial charge in [-0.15, -0.1) is 0 Å². The molecule has 80 valence electrons. The third-order valence-electron chi connectivity index (χ3n) is 2.57. The van der Waals surface area contributed by atoms with E-state index in [0.717, 1.165) is 16.6 Å². The van der Waals surface area contributed by atoms with Crippen molar-refractivity contribution in [2.75, 3.05) is 0 Å². The largest absolute Gasteiger partial charge is 0.507 e. The highest BCUT2D eigenvalue weighted by Gasteiger charge is 2.21. The van der Waals surface area contributed by atoms with Crippen LogP contribution in [0.4, 0.5) is 0 Å². The van der Waals surface area contributed by atoms with E-state index < -0.39 is 5.60 Å². The molecule has 3 nitrogen and oxygen atoms in total. The maximum Gasteiger partial charge on any atom is 0.131 e. The van der Waals surface area contributed by atoms with Crippen LogP contribution in [0.5, 0.6) is 5.75 Å². The normalized spacial score (nSPS) is 12.3. The molecule has 0 aliphatic heterocycles. The van der Waals surface area contributed by atoms with Crippen LogP contribution in [0.1, 0.15) is 25.1 Å². The van der Waals surface area contributed by atoms with Crippen molar-refractivity contribution in [2.24, 2.45) is 0 Å². The van der Waals surface area contributed by atoms with Gasteiger partial charge in [-0.1, -0.05) is 6.07 Å². The predicted octanol–water partition coefficient (Wildman–Crippen LogP) is 2.41. The van der Waals surface area contributed by atoms with Crippen LogP contribution in [0, 0.1) is 6.92 Å². The number of aromatic amines is 1. The van der Waals surface area contributed by atoms with Crippen LogP contribution < -0.4 is 0 Å². The average molecular weight is 205 g/mol. The van der Waals surface area contributed by atoms with Crippen molar-refractivity contribution in [2.45, 2.75) is 26.4 Å². The fourth-order valence-corrected chi connectivity index (χ4v) is 1.82. The maximum atomic E-state index is 10.0. The summed E-state index contributed by atoms with van der Waals surface area (Å²) >= 11 is 0. The predicted molar refractivity (Wildman–Crippen MR) is 59.9 cm³/mol. The van der Waals surface area contributed by atoms with Crippen LogP contribution in [0.2, 0.25) is 0 Å². The van der Waals surface area contributed by atoms with E-state index in [1.54, 1.807) is 19.9 Å². The summed E-state index contributed by atoms with van der Waals surface area (Å²) in [5.41, 5.74) is 1.41. The quantitative estimate of drug-likeness (QED) is 0.669. The second-order valence-corrected chi connectivity index (χ2v) is 4.43. The first-order chi connectivity index (χ1) is 6.89. The van der Waals surface area contributed by atoms with Gasteiger partial charge < -0.3 is 15.2 Å². The van der Waals surface area contributed by atoms with Crippen LogP contribution in [0.25, 0.3) is 10.9 Å². The molecule has 3 heteroatoms. The van der Waals surface area contributed by atoms with Gasteiger partial charge in [0.2, 0.25) is 0 Å². The third kappa shape index (κ3) is 1.59. The van der Waals surface area contributed by atoms with Crippen LogP contribution >= 0.6 is 0 Å². The summed E-state index contributed by atoms with van der Waals surface area (Å²) in [5.74, 6) is 0.157. The van der Waals surface area contributed by atoms with Gasteiger partial charge in [-0.3, -0.25) is 0 Å². The first-order valence-corrected chi connectivity index (χ1v) is 4.94. The summed E-state index contributed by atoms with van der Waals surface area (Å²) in [5, 5.41) is 20.6. The SMILES string of the molecule is Cc1cc2c(O)c(C(C)(C)O)ccc2[nH]1. The van der Waals surface area contributed by atoms with Gasteiger partial charge in [0.1, 0.15) is 5.75 Å². The topological polar surface area (TPSA) is 56.2 Å². The molecule has 2 rings (SSSR count). The molecule has 0 spiro atoms. The molecule has 1 aromatic heterocycles. The fraction of sp³-hybridized carbons (Fsp3) is 0.333. The Morgan fingerprint density at radius 2 is 1.93 bits per heavy atom. The van der Waals surface area contributed by atoms with E-state index in [4.69, 9.17) is 0 Å². The summed E-state index contributed by atoms with van der Waals surface area (Å²) in [6.45, 7) is 5.25. The van der Waals surface area contributed by atoms with Gasteiger partial charge in [0.15, 0.2) is 0 Å². The molecule has 2 aromatic rings. The number of H-pyrrole nitrogens is 1. The summed E-state index contributed by atoms with van der Waals surface area (Å²) in [6.07, 6.45) is 0. The van der Waals surface area contributed by atoms with E-state index >= 15 is 0 Å². The lowest BCUT2D eigenvalue weighted by Gasteiger charge is -2.19. The molecule has 0 atom stereocenters. The molecule has 0 saturated heterocycles. The first-order valence-electron chi connectivity index (χ1n) is 4.94. The molecule has 0 saturated carbocycles. The van der Waals surface area contributed by atoms with Gasteiger partial charge in [0.05, 0.1) is 5.60 Å². The lowest BCUT2D eigenvalue weighted by atomic mass is 9.96. The number of nitrogens with one attached hydrogen (secondary N) is 1. The zero-order chi connectivity index (χ0) is 11.2. The Labute approximate surface area is 88.4 Å². The molecular weight excluding hydrogens is 190 g/mol.